The van der Waals surface area contributed by atoms with E-state index in [2.05, 4.69) is 4.98 Å². The summed E-state index contributed by atoms with van der Waals surface area (Å²) in [6.07, 6.45) is 9.54. The number of nitrogens with two attached hydrogens (primary N) is 3. The predicted molar refractivity (Wildman–Crippen MR) is 99.6 cm³/mol. The maximum absolute atomic E-state index is 5.76. The molecule has 0 atom stereocenters. The van der Waals surface area contributed by atoms with Crippen molar-refractivity contribution in [2.45, 2.75) is 38.5 Å². The second-order valence-electron chi connectivity index (χ2n) is 5.98. The minimum Gasteiger partial charge on any atom is -0.330 e. The Labute approximate surface area is 163 Å². The molecule has 25 heavy (non-hydrogen) atoms. The van der Waals surface area contributed by atoms with Gasteiger partial charge in [-0.3, -0.25) is 9.97 Å². The van der Waals surface area contributed by atoms with E-state index in [1.165, 1.54) is 16.7 Å². The van der Waals surface area contributed by atoms with Crippen LogP contribution in [0.25, 0.3) is 11.4 Å². The fraction of sp³-hybridized carbons (Fsp3) is 0.474. The van der Waals surface area contributed by atoms with Gasteiger partial charge in [-0.05, 0) is 87.0 Å². The average molecular weight is 429 g/mol. The van der Waals surface area contributed by atoms with Crippen LogP contribution < -0.4 is 17.2 Å². The molecule has 2 aromatic heterocycles. The van der Waals surface area contributed by atoms with E-state index in [9.17, 15) is 0 Å². The van der Waals surface area contributed by atoms with Crippen LogP contribution >= 0.6 is 0 Å². The van der Waals surface area contributed by atoms with Crippen molar-refractivity contribution < 1.29 is 19.5 Å². The summed E-state index contributed by atoms with van der Waals surface area (Å²) in [6, 6.07) is 5.94. The molecule has 0 unspecified atom stereocenters. The maximum Gasteiger partial charge on any atom is 0.0920 e. The molecule has 0 saturated carbocycles. The molecule has 2 rings (SSSR count). The fourth-order valence-electron chi connectivity index (χ4n) is 3.00. The molecule has 0 spiro atoms. The molecule has 0 saturated heterocycles. The Morgan fingerprint density at radius 2 is 1.40 bits per heavy atom. The van der Waals surface area contributed by atoms with Gasteiger partial charge in [-0.1, -0.05) is 6.07 Å². The van der Waals surface area contributed by atoms with E-state index in [4.69, 9.17) is 22.2 Å². The molecule has 0 aliphatic heterocycles. The summed E-state index contributed by atoms with van der Waals surface area (Å²) in [5.41, 5.74) is 23.1. The number of nitrogens with zero attached hydrogens (tertiary/aromatic N) is 2. The van der Waals surface area contributed by atoms with Crippen LogP contribution in [0.2, 0.25) is 0 Å². The molecule has 0 radical (unpaired) electrons. The molecule has 0 aliphatic rings. The van der Waals surface area contributed by atoms with Crippen LogP contribution in [0.5, 0.6) is 0 Å². The van der Waals surface area contributed by atoms with Crippen LogP contribution in [0.3, 0.4) is 0 Å². The molecular formula is C19H29N5Ru. The Morgan fingerprint density at radius 3 is 2.00 bits per heavy atom. The van der Waals surface area contributed by atoms with Crippen LogP contribution in [-0.4, -0.2) is 29.6 Å². The molecule has 2 heterocycles. The van der Waals surface area contributed by atoms with Gasteiger partial charge < -0.3 is 17.2 Å². The van der Waals surface area contributed by atoms with Gasteiger partial charge in [-0.25, -0.2) is 0 Å². The minimum atomic E-state index is 0. The summed E-state index contributed by atoms with van der Waals surface area (Å²) in [7, 11) is 0. The first-order valence-corrected chi connectivity index (χ1v) is 8.83. The molecule has 2 aromatic rings. The third kappa shape index (κ3) is 6.23. The Morgan fingerprint density at radius 1 is 0.760 bits per heavy atom. The monoisotopic (exact) mass is 429 g/mol. The van der Waals surface area contributed by atoms with Crippen LogP contribution in [0.1, 0.15) is 36.0 Å². The first kappa shape index (κ1) is 21.8. The van der Waals surface area contributed by atoms with Gasteiger partial charge in [0.15, 0.2) is 0 Å². The third-order valence-corrected chi connectivity index (χ3v) is 4.21. The van der Waals surface area contributed by atoms with E-state index in [1.807, 2.05) is 30.6 Å². The van der Waals surface area contributed by atoms with E-state index in [1.54, 1.807) is 0 Å². The standard InChI is InChI=1S/C19H29N5.Ru/c20-10-3-6-15-14-24-19(18-9-1-2-13-23-18)17(8-5-12-22)16(15)7-4-11-21;/h1-2,9,13-14H,3-8,10-12,20-22H2;. The predicted octanol–water partition coefficient (Wildman–Crippen LogP) is 1.82. The van der Waals surface area contributed by atoms with Crippen molar-refractivity contribution in [1.29, 1.82) is 0 Å². The number of aromatic nitrogens is 2. The van der Waals surface area contributed by atoms with Crippen molar-refractivity contribution in [3.63, 3.8) is 0 Å². The van der Waals surface area contributed by atoms with E-state index in [-0.39, 0.29) is 19.5 Å². The van der Waals surface area contributed by atoms with Crippen LogP contribution in [0, 0.1) is 0 Å². The van der Waals surface area contributed by atoms with Crippen LogP contribution in [-0.2, 0) is 38.7 Å². The maximum atomic E-state index is 5.76. The van der Waals surface area contributed by atoms with E-state index in [0.717, 1.165) is 49.9 Å². The Bertz CT molecular complexity index is 619. The second kappa shape index (κ2) is 12.2. The summed E-state index contributed by atoms with van der Waals surface area (Å²) in [5.74, 6) is 0. The number of aryl methyl sites for hydroxylation is 1. The van der Waals surface area contributed by atoms with Gasteiger partial charge >= 0.3 is 0 Å². The summed E-state index contributed by atoms with van der Waals surface area (Å²) < 4.78 is 0. The van der Waals surface area contributed by atoms with Gasteiger partial charge in [-0.15, -0.1) is 0 Å². The van der Waals surface area contributed by atoms with Gasteiger partial charge in [0.05, 0.1) is 11.4 Å². The van der Waals surface area contributed by atoms with Gasteiger partial charge in [0, 0.05) is 31.9 Å². The zero-order chi connectivity index (χ0) is 17.2. The first-order chi connectivity index (χ1) is 11.8. The van der Waals surface area contributed by atoms with Crippen molar-refractivity contribution in [2.75, 3.05) is 19.6 Å². The number of hydrogen-bond donors (Lipinski definition) is 3. The Kier molecular flexibility index (Phi) is 10.7. The molecule has 138 valence electrons. The van der Waals surface area contributed by atoms with Gasteiger partial charge in [0.1, 0.15) is 0 Å². The largest absolute Gasteiger partial charge is 0.330 e. The summed E-state index contributed by atoms with van der Waals surface area (Å²) in [4.78, 5) is 9.24. The second-order valence-corrected chi connectivity index (χ2v) is 5.98. The van der Waals surface area contributed by atoms with Crippen molar-refractivity contribution >= 4 is 0 Å². The smallest absolute Gasteiger partial charge is 0.0920 e. The molecule has 6 heteroatoms. The molecule has 5 nitrogen and oxygen atoms in total. The number of pyridine rings is 2. The average Bonchev–Trinajstić information content (AvgIpc) is 2.63. The molecule has 6 N–H and O–H groups in total. The fourth-order valence-corrected chi connectivity index (χ4v) is 3.00. The van der Waals surface area contributed by atoms with Crippen molar-refractivity contribution in [3.8, 4) is 11.4 Å². The third-order valence-electron chi connectivity index (χ3n) is 4.21. The molecule has 0 aromatic carbocycles. The van der Waals surface area contributed by atoms with Gasteiger partial charge in [0.25, 0.3) is 0 Å². The zero-order valence-corrected chi connectivity index (χ0v) is 16.5. The van der Waals surface area contributed by atoms with E-state index < -0.39 is 0 Å². The molecule has 0 fully saturated rings. The summed E-state index contributed by atoms with van der Waals surface area (Å²) in [6.45, 7) is 2.05. The van der Waals surface area contributed by atoms with Crippen molar-refractivity contribution in [3.05, 3.63) is 47.3 Å². The van der Waals surface area contributed by atoms with Gasteiger partial charge in [-0.2, -0.15) is 0 Å². The molecular weight excluding hydrogens is 399 g/mol. The van der Waals surface area contributed by atoms with E-state index in [0.29, 0.717) is 19.6 Å². The minimum absolute atomic E-state index is 0. The van der Waals surface area contributed by atoms with Crippen molar-refractivity contribution in [2.24, 2.45) is 17.2 Å². The Hall–Kier alpha value is -1.20. The van der Waals surface area contributed by atoms with Crippen molar-refractivity contribution in [1.82, 2.24) is 9.97 Å². The summed E-state index contributed by atoms with van der Waals surface area (Å²) >= 11 is 0. The topological polar surface area (TPSA) is 104 Å². The summed E-state index contributed by atoms with van der Waals surface area (Å²) in [5, 5.41) is 0. The van der Waals surface area contributed by atoms with Crippen LogP contribution in [0.15, 0.2) is 30.6 Å². The molecule has 0 amide bonds. The van der Waals surface area contributed by atoms with Gasteiger partial charge in [0.2, 0.25) is 0 Å². The zero-order valence-electron chi connectivity index (χ0n) is 14.7. The van der Waals surface area contributed by atoms with Crippen LogP contribution in [0.4, 0.5) is 0 Å². The quantitative estimate of drug-likeness (QED) is 0.501. The molecule has 0 bridgehead atoms. The first-order valence-electron chi connectivity index (χ1n) is 8.83. The molecule has 0 aliphatic carbocycles. The number of rotatable bonds is 10. The Balaban J connectivity index is 0.00000312. The normalized spacial score (nSPS) is 10.5. The SMILES string of the molecule is NCCCc1cnc(-c2ccccn2)c(CCCN)c1CCCN.[Ru]. The number of hydrogen-bond acceptors (Lipinski definition) is 5. The van der Waals surface area contributed by atoms with E-state index >= 15 is 0 Å².